The molecule has 0 bridgehead atoms. The van der Waals surface area contributed by atoms with Gasteiger partial charge in [0.25, 0.3) is 6.01 Å². The Balaban J connectivity index is 1.29. The summed E-state index contributed by atoms with van der Waals surface area (Å²) in [6, 6.07) is 17.0. The zero-order chi connectivity index (χ0) is 27.5. The molecule has 1 aliphatic rings. The molecule has 10 heteroatoms. The first kappa shape index (κ1) is 26.0. The predicted octanol–water partition coefficient (Wildman–Crippen LogP) is 5.15. The lowest BCUT2D eigenvalue weighted by Gasteiger charge is -2.24. The average Bonchev–Trinajstić information content (AvgIpc) is 3.51. The Morgan fingerprint density at radius 2 is 1.95 bits per heavy atom. The van der Waals surface area contributed by atoms with Gasteiger partial charge in [0.2, 0.25) is 5.91 Å². The molecule has 2 heterocycles. The van der Waals surface area contributed by atoms with Crippen LogP contribution in [-0.4, -0.2) is 59.3 Å². The lowest BCUT2D eigenvalue weighted by atomic mass is 10.1. The summed E-state index contributed by atoms with van der Waals surface area (Å²) in [5.41, 5.74) is 3.66. The SMILES string of the molecule is COc1cc(CC(=O)N2C[C@@H](F)C[C@H]2COc2ccc(C(=O)O)cc2)cc2oc(Nc3ccccc3C)nc12. The molecule has 39 heavy (non-hydrogen) atoms. The molecule has 1 saturated heterocycles. The van der Waals surface area contributed by atoms with Gasteiger partial charge in [0.1, 0.15) is 24.3 Å². The van der Waals surface area contributed by atoms with Crippen LogP contribution in [0.4, 0.5) is 16.1 Å². The van der Waals surface area contributed by atoms with E-state index in [2.05, 4.69) is 10.3 Å². The van der Waals surface area contributed by atoms with Crippen LogP contribution in [0.3, 0.4) is 0 Å². The van der Waals surface area contributed by atoms with Gasteiger partial charge in [-0.2, -0.15) is 4.98 Å². The number of oxazole rings is 1. The average molecular weight is 534 g/mol. The summed E-state index contributed by atoms with van der Waals surface area (Å²) in [5.74, 6) is -0.367. The monoisotopic (exact) mass is 533 g/mol. The number of alkyl halides is 1. The maximum atomic E-state index is 14.4. The molecule has 0 spiro atoms. The summed E-state index contributed by atoms with van der Waals surface area (Å²) >= 11 is 0. The summed E-state index contributed by atoms with van der Waals surface area (Å²) in [5, 5.41) is 12.2. The number of aromatic nitrogens is 1. The number of aryl methyl sites for hydroxylation is 1. The Labute approximate surface area is 224 Å². The number of nitrogens with zero attached hydrogens (tertiary/aromatic N) is 2. The van der Waals surface area contributed by atoms with Crippen molar-refractivity contribution in [3.8, 4) is 11.5 Å². The number of aromatic carboxylic acids is 1. The summed E-state index contributed by atoms with van der Waals surface area (Å²) in [7, 11) is 1.52. The van der Waals surface area contributed by atoms with Gasteiger partial charge >= 0.3 is 5.97 Å². The second-order valence-electron chi connectivity index (χ2n) is 9.45. The first-order chi connectivity index (χ1) is 18.8. The number of likely N-dealkylation sites (tertiary alicyclic amines) is 1. The molecule has 1 aromatic heterocycles. The summed E-state index contributed by atoms with van der Waals surface area (Å²) in [6.45, 7) is 2.05. The molecule has 3 aromatic carbocycles. The number of fused-ring (bicyclic) bond motifs is 1. The number of halogens is 1. The van der Waals surface area contributed by atoms with E-state index >= 15 is 0 Å². The summed E-state index contributed by atoms with van der Waals surface area (Å²) in [6.07, 6.45) is -0.972. The van der Waals surface area contributed by atoms with E-state index in [9.17, 15) is 14.0 Å². The van der Waals surface area contributed by atoms with E-state index in [1.54, 1.807) is 24.3 Å². The fourth-order valence-corrected chi connectivity index (χ4v) is 4.68. The molecule has 2 atom stereocenters. The number of anilines is 2. The molecule has 2 N–H and O–H groups in total. The molecular formula is C29H28FN3O6. The van der Waals surface area contributed by atoms with Crippen LogP contribution < -0.4 is 14.8 Å². The van der Waals surface area contributed by atoms with Crippen molar-refractivity contribution in [1.29, 1.82) is 0 Å². The van der Waals surface area contributed by atoms with Crippen LogP contribution in [0.15, 0.2) is 65.1 Å². The van der Waals surface area contributed by atoms with Crippen molar-refractivity contribution in [1.82, 2.24) is 9.88 Å². The van der Waals surface area contributed by atoms with E-state index < -0.39 is 18.2 Å². The standard InChI is InChI=1S/C29H28FN3O6/c1-17-5-3-4-6-23(17)31-29-32-27-24(37-2)11-18(12-25(27)39-29)13-26(34)33-15-20(30)14-21(33)16-38-22-9-7-19(8-10-22)28(35)36/h3-12,20-21H,13-16H2,1-2H3,(H,31,32)(H,35,36)/t20-,21-/m0/s1. The van der Waals surface area contributed by atoms with Gasteiger partial charge in [-0.3, -0.25) is 4.79 Å². The zero-order valence-corrected chi connectivity index (χ0v) is 21.5. The van der Waals surface area contributed by atoms with Crippen molar-refractivity contribution in [3.63, 3.8) is 0 Å². The third-order valence-electron chi connectivity index (χ3n) is 6.71. The van der Waals surface area contributed by atoms with Gasteiger partial charge in [-0.25, -0.2) is 9.18 Å². The molecule has 0 radical (unpaired) electrons. The van der Waals surface area contributed by atoms with Crippen molar-refractivity contribution in [3.05, 3.63) is 77.4 Å². The van der Waals surface area contributed by atoms with Gasteiger partial charge in [-0.1, -0.05) is 18.2 Å². The minimum Gasteiger partial charge on any atom is -0.494 e. The van der Waals surface area contributed by atoms with Gasteiger partial charge in [0.15, 0.2) is 11.1 Å². The van der Waals surface area contributed by atoms with Gasteiger partial charge in [0.05, 0.1) is 31.7 Å². The number of amides is 1. The number of methoxy groups -OCH3 is 1. The highest BCUT2D eigenvalue weighted by Crippen LogP contribution is 2.32. The van der Waals surface area contributed by atoms with Crippen molar-refractivity contribution < 1.29 is 33.0 Å². The van der Waals surface area contributed by atoms with Crippen LogP contribution in [0.25, 0.3) is 11.1 Å². The Morgan fingerprint density at radius 3 is 2.67 bits per heavy atom. The van der Waals surface area contributed by atoms with Crippen LogP contribution in [0.2, 0.25) is 0 Å². The molecule has 0 saturated carbocycles. The van der Waals surface area contributed by atoms with Crippen LogP contribution >= 0.6 is 0 Å². The Bertz CT molecular complexity index is 1500. The number of carbonyl (C=O) groups is 2. The maximum absolute atomic E-state index is 14.4. The lowest BCUT2D eigenvalue weighted by molar-refractivity contribution is -0.132. The highest BCUT2D eigenvalue weighted by molar-refractivity contribution is 5.88. The minimum absolute atomic E-state index is 0.0169. The minimum atomic E-state index is -1.15. The number of para-hydroxylation sites is 1. The molecular weight excluding hydrogens is 505 g/mol. The van der Waals surface area contributed by atoms with Crippen LogP contribution in [-0.2, 0) is 11.2 Å². The van der Waals surface area contributed by atoms with E-state index in [-0.39, 0.29) is 37.5 Å². The Kier molecular flexibility index (Phi) is 7.36. The third kappa shape index (κ3) is 5.79. The Morgan fingerprint density at radius 1 is 1.18 bits per heavy atom. The number of carboxylic acid groups (broad SMARTS) is 1. The first-order valence-electron chi connectivity index (χ1n) is 12.5. The molecule has 4 aromatic rings. The summed E-state index contributed by atoms with van der Waals surface area (Å²) in [4.78, 5) is 30.3. The van der Waals surface area contributed by atoms with Crippen molar-refractivity contribution in [2.75, 3.05) is 25.6 Å². The second-order valence-corrected chi connectivity index (χ2v) is 9.45. The topological polar surface area (TPSA) is 114 Å². The van der Waals surface area contributed by atoms with Crippen molar-refractivity contribution in [2.45, 2.75) is 32.0 Å². The van der Waals surface area contributed by atoms with E-state index in [4.69, 9.17) is 19.0 Å². The lowest BCUT2D eigenvalue weighted by Crippen LogP contribution is -2.40. The van der Waals surface area contributed by atoms with Gasteiger partial charge in [-0.05, 0) is 60.5 Å². The number of hydrogen-bond donors (Lipinski definition) is 2. The molecule has 1 fully saturated rings. The third-order valence-corrected chi connectivity index (χ3v) is 6.71. The fourth-order valence-electron chi connectivity index (χ4n) is 4.68. The molecule has 5 rings (SSSR count). The van der Waals surface area contributed by atoms with E-state index in [1.807, 2.05) is 31.2 Å². The van der Waals surface area contributed by atoms with Gasteiger partial charge < -0.3 is 29.2 Å². The number of nitrogens with one attached hydrogen (secondary N) is 1. The predicted molar refractivity (Wildman–Crippen MR) is 143 cm³/mol. The molecule has 1 aliphatic heterocycles. The van der Waals surface area contributed by atoms with Crippen LogP contribution in [0, 0.1) is 6.92 Å². The molecule has 202 valence electrons. The van der Waals surface area contributed by atoms with Gasteiger partial charge in [-0.15, -0.1) is 0 Å². The van der Waals surface area contributed by atoms with Crippen molar-refractivity contribution in [2.24, 2.45) is 0 Å². The second kappa shape index (κ2) is 11.0. The zero-order valence-electron chi connectivity index (χ0n) is 21.5. The van der Waals surface area contributed by atoms with E-state index in [0.717, 1.165) is 11.3 Å². The van der Waals surface area contributed by atoms with Crippen molar-refractivity contribution >= 4 is 34.7 Å². The Hall–Kier alpha value is -4.60. The molecule has 0 aliphatic carbocycles. The number of hydrogen-bond acceptors (Lipinski definition) is 7. The normalized spacial score (nSPS) is 16.8. The first-order valence-corrected chi connectivity index (χ1v) is 12.5. The van der Waals surface area contributed by atoms with E-state index in [1.165, 1.54) is 24.1 Å². The largest absolute Gasteiger partial charge is 0.494 e. The van der Waals surface area contributed by atoms with E-state index in [0.29, 0.717) is 34.2 Å². The number of rotatable bonds is 9. The molecule has 1 amide bonds. The number of benzene rings is 3. The quantitative estimate of drug-likeness (QED) is 0.304. The highest BCUT2D eigenvalue weighted by Gasteiger charge is 2.36. The fraction of sp³-hybridized carbons (Fsp3) is 0.276. The molecule has 0 unspecified atom stereocenters. The summed E-state index contributed by atoms with van der Waals surface area (Å²) < 4.78 is 31.6. The number of carboxylic acids is 1. The van der Waals surface area contributed by atoms with Crippen LogP contribution in [0.1, 0.15) is 27.9 Å². The van der Waals surface area contributed by atoms with Crippen LogP contribution in [0.5, 0.6) is 11.5 Å². The smallest absolute Gasteiger partial charge is 0.335 e. The number of ether oxygens (including phenoxy) is 2. The maximum Gasteiger partial charge on any atom is 0.335 e. The number of carbonyl (C=O) groups excluding carboxylic acids is 1. The highest BCUT2D eigenvalue weighted by atomic mass is 19.1. The molecule has 9 nitrogen and oxygen atoms in total. The van der Waals surface area contributed by atoms with Gasteiger partial charge in [0, 0.05) is 12.1 Å².